The second kappa shape index (κ2) is 10.2. The number of aromatic nitrogens is 2. The maximum atomic E-state index is 13.3. The van der Waals surface area contributed by atoms with Crippen molar-refractivity contribution in [2.45, 2.75) is 63.4 Å². The van der Waals surface area contributed by atoms with Gasteiger partial charge in [-0.15, -0.1) is 0 Å². The van der Waals surface area contributed by atoms with E-state index >= 15 is 0 Å². The summed E-state index contributed by atoms with van der Waals surface area (Å²) in [5, 5.41) is 2.84. The number of H-pyrrole nitrogens is 1. The van der Waals surface area contributed by atoms with Crippen molar-refractivity contribution in [2.75, 3.05) is 11.1 Å². The van der Waals surface area contributed by atoms with Crippen molar-refractivity contribution in [2.24, 2.45) is 5.92 Å². The van der Waals surface area contributed by atoms with Gasteiger partial charge in [0.15, 0.2) is 5.16 Å². The summed E-state index contributed by atoms with van der Waals surface area (Å²) in [7, 11) is 0. The highest BCUT2D eigenvalue weighted by molar-refractivity contribution is 7.99. The van der Waals surface area contributed by atoms with Gasteiger partial charge < -0.3 is 10.3 Å². The van der Waals surface area contributed by atoms with Gasteiger partial charge in [-0.25, -0.2) is 13.8 Å². The van der Waals surface area contributed by atoms with Gasteiger partial charge in [0, 0.05) is 17.3 Å². The third-order valence-corrected chi connectivity index (χ3v) is 6.16. The summed E-state index contributed by atoms with van der Waals surface area (Å²) in [5.41, 5.74) is 1.41. The molecule has 0 saturated heterocycles. The van der Waals surface area contributed by atoms with E-state index in [-0.39, 0.29) is 22.9 Å². The van der Waals surface area contributed by atoms with Crippen LogP contribution in [-0.2, 0) is 11.2 Å². The van der Waals surface area contributed by atoms with E-state index in [1.807, 2.05) is 13.8 Å². The Kier molecular flexibility index (Phi) is 7.64. The number of nitrogens with zero attached hydrogens (tertiary/aromatic N) is 1. The van der Waals surface area contributed by atoms with E-state index in [1.165, 1.54) is 19.3 Å². The van der Waals surface area contributed by atoms with Gasteiger partial charge in [-0.3, -0.25) is 9.59 Å². The molecule has 1 fully saturated rings. The molecule has 0 bridgehead atoms. The Morgan fingerprint density at radius 2 is 1.87 bits per heavy atom. The average Bonchev–Trinajstić information content (AvgIpc) is 2.66. The molecule has 1 saturated carbocycles. The molecule has 2 N–H and O–H groups in total. The van der Waals surface area contributed by atoms with Crippen molar-refractivity contribution in [3.8, 4) is 0 Å². The van der Waals surface area contributed by atoms with Crippen LogP contribution in [0.5, 0.6) is 0 Å². The third kappa shape index (κ3) is 6.14. The highest BCUT2D eigenvalue weighted by Crippen LogP contribution is 2.29. The standard InChI is InChI=1S/C22H27F2N3O2S/c1-13(2)20-18(8-14-6-4-3-5-7-14)26-22(27-21(20)29)30-12-19(28)25-17-10-15(23)9-16(24)11-17/h9-11,13-14H,3-8,12H2,1-2H3,(H,25,28)(H,26,27,29). The highest BCUT2D eigenvalue weighted by atomic mass is 32.2. The van der Waals surface area contributed by atoms with E-state index in [9.17, 15) is 18.4 Å². The topological polar surface area (TPSA) is 74.8 Å². The largest absolute Gasteiger partial charge is 0.325 e. The Morgan fingerprint density at radius 1 is 1.20 bits per heavy atom. The van der Waals surface area contributed by atoms with Crippen LogP contribution in [0.1, 0.15) is 63.1 Å². The zero-order valence-electron chi connectivity index (χ0n) is 17.3. The van der Waals surface area contributed by atoms with Crippen molar-refractivity contribution in [1.82, 2.24) is 9.97 Å². The summed E-state index contributed by atoms with van der Waals surface area (Å²) in [6, 6.07) is 2.83. The first-order chi connectivity index (χ1) is 14.3. The van der Waals surface area contributed by atoms with Gasteiger partial charge in [0.1, 0.15) is 11.6 Å². The average molecular weight is 436 g/mol. The second-order valence-corrected chi connectivity index (χ2v) is 9.05. The Morgan fingerprint density at radius 3 is 2.50 bits per heavy atom. The molecule has 3 rings (SSSR count). The summed E-state index contributed by atoms with van der Waals surface area (Å²) in [5.74, 6) is -1.40. The molecule has 1 aromatic carbocycles. The second-order valence-electron chi connectivity index (χ2n) is 8.09. The van der Waals surface area contributed by atoms with Gasteiger partial charge in [-0.2, -0.15) is 0 Å². The minimum absolute atomic E-state index is 0.0367. The predicted octanol–water partition coefficient (Wildman–Crippen LogP) is 5.03. The number of anilines is 1. The molecule has 30 heavy (non-hydrogen) atoms. The van der Waals surface area contributed by atoms with Gasteiger partial charge in [0.2, 0.25) is 5.91 Å². The van der Waals surface area contributed by atoms with E-state index < -0.39 is 17.5 Å². The molecule has 1 aliphatic carbocycles. The summed E-state index contributed by atoms with van der Waals surface area (Å²) in [6.07, 6.45) is 6.78. The van der Waals surface area contributed by atoms with E-state index in [0.717, 1.165) is 54.9 Å². The normalized spacial score (nSPS) is 14.8. The fourth-order valence-electron chi connectivity index (χ4n) is 3.95. The lowest BCUT2D eigenvalue weighted by molar-refractivity contribution is -0.113. The van der Waals surface area contributed by atoms with Crippen molar-refractivity contribution in [3.63, 3.8) is 0 Å². The van der Waals surface area contributed by atoms with Crippen molar-refractivity contribution < 1.29 is 13.6 Å². The molecule has 1 heterocycles. The van der Waals surface area contributed by atoms with E-state index in [4.69, 9.17) is 0 Å². The Hall–Kier alpha value is -2.22. The first kappa shape index (κ1) is 22.5. The Balaban J connectivity index is 1.70. The number of carbonyl (C=O) groups is 1. The molecule has 1 aliphatic rings. The SMILES string of the molecule is CC(C)c1c(CC2CCCCC2)nc(SCC(=O)Nc2cc(F)cc(F)c2)[nH]c1=O. The number of nitrogens with one attached hydrogen (secondary N) is 2. The van der Waals surface area contributed by atoms with E-state index in [0.29, 0.717) is 16.6 Å². The van der Waals surface area contributed by atoms with Crippen LogP contribution in [0, 0.1) is 17.6 Å². The molecule has 0 atom stereocenters. The summed E-state index contributed by atoms with van der Waals surface area (Å²) < 4.78 is 26.5. The van der Waals surface area contributed by atoms with Gasteiger partial charge in [-0.05, 0) is 30.4 Å². The number of amides is 1. The number of hydrogen-bond donors (Lipinski definition) is 2. The maximum Gasteiger partial charge on any atom is 0.255 e. The number of hydrogen-bond acceptors (Lipinski definition) is 4. The van der Waals surface area contributed by atoms with E-state index in [1.54, 1.807) is 0 Å². The highest BCUT2D eigenvalue weighted by Gasteiger charge is 2.21. The van der Waals surface area contributed by atoms with Gasteiger partial charge in [-0.1, -0.05) is 57.7 Å². The van der Waals surface area contributed by atoms with Crippen molar-refractivity contribution in [1.29, 1.82) is 0 Å². The van der Waals surface area contributed by atoms with Crippen LogP contribution in [0.25, 0.3) is 0 Å². The zero-order chi connectivity index (χ0) is 21.7. The quantitative estimate of drug-likeness (QED) is 0.473. The predicted molar refractivity (Wildman–Crippen MR) is 115 cm³/mol. The van der Waals surface area contributed by atoms with Crippen LogP contribution >= 0.6 is 11.8 Å². The summed E-state index contributed by atoms with van der Waals surface area (Å²) in [6.45, 7) is 3.96. The lowest BCUT2D eigenvalue weighted by atomic mass is 9.84. The molecular formula is C22H27F2N3O2S. The van der Waals surface area contributed by atoms with Gasteiger partial charge in [0.05, 0.1) is 11.4 Å². The van der Waals surface area contributed by atoms with E-state index in [2.05, 4.69) is 15.3 Å². The van der Waals surface area contributed by atoms with Crippen molar-refractivity contribution >= 4 is 23.4 Å². The summed E-state index contributed by atoms with van der Waals surface area (Å²) >= 11 is 1.10. The van der Waals surface area contributed by atoms with Crippen LogP contribution in [0.3, 0.4) is 0 Å². The zero-order valence-corrected chi connectivity index (χ0v) is 18.1. The molecule has 1 amide bonds. The molecule has 162 valence electrons. The fraction of sp³-hybridized carbons (Fsp3) is 0.500. The molecular weight excluding hydrogens is 408 g/mol. The number of halogens is 2. The third-order valence-electron chi connectivity index (χ3n) is 5.28. The molecule has 1 aromatic heterocycles. The van der Waals surface area contributed by atoms with Crippen molar-refractivity contribution in [3.05, 3.63) is 51.4 Å². The minimum Gasteiger partial charge on any atom is -0.325 e. The fourth-order valence-corrected chi connectivity index (χ4v) is 4.63. The number of thioether (sulfide) groups is 1. The number of benzene rings is 1. The lowest BCUT2D eigenvalue weighted by Crippen LogP contribution is -2.23. The molecule has 5 nitrogen and oxygen atoms in total. The summed E-state index contributed by atoms with van der Waals surface area (Å²) in [4.78, 5) is 32.3. The monoisotopic (exact) mass is 435 g/mol. The van der Waals surface area contributed by atoms with Gasteiger partial charge in [0.25, 0.3) is 5.56 Å². The molecule has 0 unspecified atom stereocenters. The molecule has 0 radical (unpaired) electrons. The maximum absolute atomic E-state index is 13.3. The molecule has 0 spiro atoms. The Labute approximate surface area is 179 Å². The molecule has 0 aliphatic heterocycles. The first-order valence-electron chi connectivity index (χ1n) is 10.3. The van der Waals surface area contributed by atoms with Crippen LogP contribution in [0.2, 0.25) is 0 Å². The molecule has 2 aromatic rings. The lowest BCUT2D eigenvalue weighted by Gasteiger charge is -2.22. The number of carbonyl (C=O) groups excluding carboxylic acids is 1. The van der Waals surface area contributed by atoms with Gasteiger partial charge >= 0.3 is 0 Å². The molecule has 8 heteroatoms. The van der Waals surface area contributed by atoms with Crippen LogP contribution in [-0.4, -0.2) is 21.6 Å². The van der Waals surface area contributed by atoms with Crippen LogP contribution in [0.4, 0.5) is 14.5 Å². The first-order valence-corrected chi connectivity index (χ1v) is 11.3. The number of rotatable bonds is 7. The van der Waals surface area contributed by atoms with Crippen LogP contribution < -0.4 is 10.9 Å². The number of aromatic amines is 1. The van der Waals surface area contributed by atoms with Crippen LogP contribution in [0.15, 0.2) is 28.2 Å². The minimum atomic E-state index is -0.763. The smallest absolute Gasteiger partial charge is 0.255 e. The Bertz CT molecular complexity index is 936.